The van der Waals surface area contributed by atoms with Crippen molar-refractivity contribution in [2.45, 2.75) is 25.7 Å². The number of anilines is 2. The molecule has 0 spiro atoms. The summed E-state index contributed by atoms with van der Waals surface area (Å²) >= 11 is 0. The maximum absolute atomic E-state index is 11.9. The number of nitrogens with one attached hydrogen (secondary N) is 2. The first kappa shape index (κ1) is 16.1. The summed E-state index contributed by atoms with van der Waals surface area (Å²) in [4.78, 5) is 2.36. The lowest BCUT2D eigenvalue weighted by molar-refractivity contribution is 0.578. The summed E-state index contributed by atoms with van der Waals surface area (Å²) in [6.07, 6.45) is 4.39. The van der Waals surface area contributed by atoms with Crippen molar-refractivity contribution in [3.05, 3.63) is 24.3 Å². The lowest BCUT2D eigenvalue weighted by Crippen LogP contribution is -2.29. The summed E-state index contributed by atoms with van der Waals surface area (Å²) in [6.45, 7) is 2.89. The van der Waals surface area contributed by atoms with Crippen LogP contribution in [0.1, 0.15) is 25.7 Å². The highest BCUT2D eigenvalue weighted by molar-refractivity contribution is 7.92. The number of nitrogens with zero attached hydrogens (tertiary/aromatic N) is 1. The van der Waals surface area contributed by atoms with E-state index in [1.54, 1.807) is 0 Å². The van der Waals surface area contributed by atoms with E-state index in [4.69, 9.17) is 0 Å². The van der Waals surface area contributed by atoms with E-state index in [1.165, 1.54) is 24.9 Å². The molecule has 0 amide bonds. The van der Waals surface area contributed by atoms with Crippen LogP contribution >= 0.6 is 0 Å². The van der Waals surface area contributed by atoms with Gasteiger partial charge in [-0.1, -0.05) is 0 Å². The summed E-state index contributed by atoms with van der Waals surface area (Å²) < 4.78 is 26.5. The molecule has 1 aromatic rings. The van der Waals surface area contributed by atoms with Crippen LogP contribution in [0.15, 0.2) is 24.3 Å². The fourth-order valence-corrected chi connectivity index (χ4v) is 3.68. The molecule has 118 valence electrons. The van der Waals surface area contributed by atoms with Crippen molar-refractivity contribution in [3.63, 3.8) is 0 Å². The van der Waals surface area contributed by atoms with Gasteiger partial charge in [-0.3, -0.25) is 4.72 Å². The third-order valence-electron chi connectivity index (χ3n) is 3.70. The van der Waals surface area contributed by atoms with E-state index >= 15 is 0 Å². The van der Waals surface area contributed by atoms with E-state index in [1.807, 2.05) is 31.3 Å². The molecule has 0 saturated carbocycles. The van der Waals surface area contributed by atoms with E-state index < -0.39 is 10.0 Å². The molecule has 2 rings (SSSR count). The maximum atomic E-state index is 11.9. The molecule has 1 saturated heterocycles. The van der Waals surface area contributed by atoms with Crippen LogP contribution in [0.25, 0.3) is 0 Å². The first-order chi connectivity index (χ1) is 10.1. The SMILES string of the molecule is CNCCCS(=O)(=O)Nc1ccc(N2CCCCC2)cc1. The Morgan fingerprint density at radius 1 is 1.10 bits per heavy atom. The van der Waals surface area contributed by atoms with Gasteiger partial charge in [-0.2, -0.15) is 0 Å². The van der Waals surface area contributed by atoms with E-state index in [0.29, 0.717) is 18.7 Å². The van der Waals surface area contributed by atoms with Crippen LogP contribution in [-0.2, 0) is 10.0 Å². The smallest absolute Gasteiger partial charge is 0.232 e. The third-order valence-corrected chi connectivity index (χ3v) is 5.07. The normalized spacial score (nSPS) is 16.0. The predicted molar refractivity (Wildman–Crippen MR) is 88.5 cm³/mol. The lowest BCUT2D eigenvalue weighted by Gasteiger charge is -2.28. The van der Waals surface area contributed by atoms with Gasteiger partial charge in [0.25, 0.3) is 0 Å². The molecule has 1 heterocycles. The minimum atomic E-state index is -3.25. The predicted octanol–water partition coefficient (Wildman–Crippen LogP) is 2.03. The van der Waals surface area contributed by atoms with Crippen molar-refractivity contribution in [3.8, 4) is 0 Å². The summed E-state index contributed by atoms with van der Waals surface area (Å²) in [7, 11) is -1.43. The average molecular weight is 311 g/mol. The maximum Gasteiger partial charge on any atom is 0.232 e. The van der Waals surface area contributed by atoms with Crippen LogP contribution < -0.4 is 14.9 Å². The average Bonchev–Trinajstić information content (AvgIpc) is 2.49. The van der Waals surface area contributed by atoms with Crippen LogP contribution in [0.3, 0.4) is 0 Å². The highest BCUT2D eigenvalue weighted by atomic mass is 32.2. The molecule has 0 atom stereocenters. The molecule has 21 heavy (non-hydrogen) atoms. The zero-order valence-corrected chi connectivity index (χ0v) is 13.5. The molecule has 0 unspecified atom stereocenters. The molecule has 1 aliphatic rings. The van der Waals surface area contributed by atoms with Gasteiger partial charge >= 0.3 is 0 Å². The number of rotatable bonds is 7. The van der Waals surface area contributed by atoms with Gasteiger partial charge < -0.3 is 10.2 Å². The highest BCUT2D eigenvalue weighted by Gasteiger charge is 2.12. The van der Waals surface area contributed by atoms with Crippen molar-refractivity contribution >= 4 is 21.4 Å². The van der Waals surface area contributed by atoms with Crippen molar-refractivity contribution in [2.24, 2.45) is 0 Å². The number of benzene rings is 1. The van der Waals surface area contributed by atoms with Crippen molar-refractivity contribution in [1.29, 1.82) is 0 Å². The van der Waals surface area contributed by atoms with Crippen LogP contribution in [0.5, 0.6) is 0 Å². The van der Waals surface area contributed by atoms with Crippen LogP contribution in [0.4, 0.5) is 11.4 Å². The van der Waals surface area contributed by atoms with Crippen LogP contribution in [0, 0.1) is 0 Å². The highest BCUT2D eigenvalue weighted by Crippen LogP contribution is 2.22. The Balaban J connectivity index is 1.92. The molecule has 2 N–H and O–H groups in total. The Labute approximate surface area is 127 Å². The van der Waals surface area contributed by atoms with Gasteiger partial charge in [-0.15, -0.1) is 0 Å². The number of sulfonamides is 1. The molecule has 0 bridgehead atoms. The van der Waals surface area contributed by atoms with Gasteiger partial charge in [0.2, 0.25) is 10.0 Å². The van der Waals surface area contributed by atoms with Gasteiger partial charge in [0.1, 0.15) is 0 Å². The standard InChI is InChI=1S/C15H25N3O2S/c1-16-10-5-13-21(19,20)17-14-6-8-15(9-7-14)18-11-3-2-4-12-18/h6-9,16-17H,2-5,10-13H2,1H3. The lowest BCUT2D eigenvalue weighted by atomic mass is 10.1. The number of hydrogen-bond acceptors (Lipinski definition) is 4. The molecular weight excluding hydrogens is 286 g/mol. The summed E-state index contributed by atoms with van der Waals surface area (Å²) in [5.41, 5.74) is 1.81. The van der Waals surface area contributed by atoms with E-state index in [2.05, 4.69) is 14.9 Å². The molecule has 0 aromatic heterocycles. The van der Waals surface area contributed by atoms with Gasteiger partial charge in [-0.05, 0) is 63.5 Å². The second kappa shape index (κ2) is 7.66. The Morgan fingerprint density at radius 2 is 1.76 bits per heavy atom. The van der Waals surface area contributed by atoms with Crippen molar-refractivity contribution in [1.82, 2.24) is 5.32 Å². The Kier molecular flexibility index (Phi) is 5.87. The van der Waals surface area contributed by atoms with Gasteiger partial charge in [-0.25, -0.2) is 8.42 Å². The molecule has 1 aliphatic heterocycles. The molecule has 6 heteroatoms. The van der Waals surface area contributed by atoms with Gasteiger partial charge in [0.05, 0.1) is 5.75 Å². The quantitative estimate of drug-likeness (QED) is 0.756. The van der Waals surface area contributed by atoms with Gasteiger partial charge in [0.15, 0.2) is 0 Å². The van der Waals surface area contributed by atoms with E-state index in [-0.39, 0.29) is 5.75 Å². The zero-order valence-electron chi connectivity index (χ0n) is 12.6. The first-order valence-electron chi connectivity index (χ1n) is 7.61. The fraction of sp³-hybridized carbons (Fsp3) is 0.600. The molecule has 0 aliphatic carbocycles. The first-order valence-corrected chi connectivity index (χ1v) is 9.26. The third kappa shape index (κ3) is 5.21. The topological polar surface area (TPSA) is 61.4 Å². The fourth-order valence-electron chi connectivity index (χ4n) is 2.56. The molecule has 0 radical (unpaired) electrons. The Hall–Kier alpha value is -1.27. The van der Waals surface area contributed by atoms with Crippen LogP contribution in [0.2, 0.25) is 0 Å². The summed E-state index contributed by atoms with van der Waals surface area (Å²) in [6, 6.07) is 7.69. The monoisotopic (exact) mass is 311 g/mol. The van der Waals surface area contributed by atoms with Crippen LogP contribution in [-0.4, -0.2) is 40.9 Å². The summed E-state index contributed by atoms with van der Waals surface area (Å²) in [5, 5.41) is 2.95. The minimum Gasteiger partial charge on any atom is -0.372 e. The number of hydrogen-bond donors (Lipinski definition) is 2. The molecular formula is C15H25N3O2S. The Morgan fingerprint density at radius 3 is 2.38 bits per heavy atom. The zero-order chi connectivity index (χ0) is 15.1. The number of piperidine rings is 1. The molecule has 5 nitrogen and oxygen atoms in total. The van der Waals surface area contributed by atoms with Gasteiger partial charge in [0, 0.05) is 24.5 Å². The second-order valence-electron chi connectivity index (χ2n) is 5.47. The largest absolute Gasteiger partial charge is 0.372 e. The minimum absolute atomic E-state index is 0.141. The van der Waals surface area contributed by atoms with Crippen molar-refractivity contribution in [2.75, 3.05) is 42.1 Å². The van der Waals surface area contributed by atoms with E-state index in [9.17, 15) is 8.42 Å². The molecule has 1 aromatic carbocycles. The molecule has 1 fully saturated rings. The second-order valence-corrected chi connectivity index (χ2v) is 7.31. The van der Waals surface area contributed by atoms with Crippen molar-refractivity contribution < 1.29 is 8.42 Å². The van der Waals surface area contributed by atoms with E-state index in [0.717, 1.165) is 13.1 Å². The summed E-state index contributed by atoms with van der Waals surface area (Å²) in [5.74, 6) is 0.141. The Bertz CT molecular complexity index is 522.